The van der Waals surface area contributed by atoms with Gasteiger partial charge in [-0.1, -0.05) is 0 Å². The fourth-order valence-electron chi connectivity index (χ4n) is 0.470. The van der Waals surface area contributed by atoms with E-state index in [9.17, 15) is 14.4 Å². The van der Waals surface area contributed by atoms with Crippen molar-refractivity contribution < 1.29 is 27.8 Å². The van der Waals surface area contributed by atoms with Gasteiger partial charge in [-0.3, -0.25) is 0 Å². The van der Waals surface area contributed by atoms with Crippen molar-refractivity contribution in [3.05, 3.63) is 0 Å². The van der Waals surface area contributed by atoms with Gasteiger partial charge in [0.05, 0.1) is 0 Å². The molecule has 0 aromatic heterocycles. The summed E-state index contributed by atoms with van der Waals surface area (Å²) in [6, 6.07) is 0. The molecule has 0 rings (SSSR count). The van der Waals surface area contributed by atoms with Gasteiger partial charge in [0.25, 0.3) is 0 Å². The Morgan fingerprint density at radius 2 is 1.00 bits per heavy atom. The third-order valence-corrected chi connectivity index (χ3v) is 2.75. The molecule has 0 saturated carbocycles. The Labute approximate surface area is 63.4 Å². The molecular weight excluding hydrogens is 179 g/mol. The monoisotopic (exact) mass is 187 g/mol. The maximum atomic E-state index is 10.6. The molecule has 0 heterocycles. The van der Waals surface area contributed by atoms with Crippen LogP contribution in [-0.4, -0.2) is 14.3 Å². The molecular formula is C6H9NiO3. The van der Waals surface area contributed by atoms with Gasteiger partial charge in [0.15, 0.2) is 0 Å². The Bertz CT molecular complexity index is 152. The Morgan fingerprint density at radius 3 is 1.00 bits per heavy atom. The Hall–Kier alpha value is -0.496. The molecule has 0 amide bonds. The van der Waals surface area contributed by atoms with E-state index in [1.165, 1.54) is 20.8 Å². The SMILES string of the molecule is C[C](=O)[Ni]([C](C)=O)[C](C)=O. The summed E-state index contributed by atoms with van der Waals surface area (Å²) in [5.74, 6) is 0. The molecule has 0 aliphatic heterocycles. The molecule has 0 aliphatic rings. The minimum absolute atomic E-state index is 0.333. The van der Waals surface area contributed by atoms with Crippen LogP contribution in [0.4, 0.5) is 0 Å². The molecule has 0 aromatic carbocycles. The van der Waals surface area contributed by atoms with Crippen LogP contribution < -0.4 is 0 Å². The second kappa shape index (κ2) is 3.62. The van der Waals surface area contributed by atoms with E-state index in [0.29, 0.717) is 0 Å². The van der Waals surface area contributed by atoms with Crippen LogP contribution in [0.3, 0.4) is 0 Å². The van der Waals surface area contributed by atoms with Crippen LogP contribution in [-0.2, 0) is 27.8 Å². The van der Waals surface area contributed by atoms with Crippen molar-refractivity contribution in [3.8, 4) is 0 Å². The van der Waals surface area contributed by atoms with Gasteiger partial charge in [-0.2, -0.15) is 0 Å². The summed E-state index contributed by atoms with van der Waals surface area (Å²) in [6.45, 7) is 3.79. The van der Waals surface area contributed by atoms with Crippen molar-refractivity contribution in [1.29, 1.82) is 0 Å². The summed E-state index contributed by atoms with van der Waals surface area (Å²) in [4.78, 5) is 31.8. The second-order valence-corrected chi connectivity index (χ2v) is 4.34. The number of hydrogen-bond acceptors (Lipinski definition) is 3. The quantitative estimate of drug-likeness (QED) is 0.596. The Balaban J connectivity index is 4.43. The maximum absolute atomic E-state index is 10.6. The second-order valence-electron chi connectivity index (χ2n) is 1.52. The van der Waals surface area contributed by atoms with Crippen molar-refractivity contribution in [1.82, 2.24) is 0 Å². The molecule has 0 aliphatic carbocycles. The summed E-state index contributed by atoms with van der Waals surface area (Å²) in [5, 5.41) is 0. The summed E-state index contributed by atoms with van der Waals surface area (Å²) < 4.78 is -1.000. The predicted molar refractivity (Wildman–Crippen MR) is 32.0 cm³/mol. The van der Waals surface area contributed by atoms with Crippen LogP contribution in [0.5, 0.6) is 0 Å². The molecule has 0 N–H and O–H groups in total. The van der Waals surface area contributed by atoms with Gasteiger partial charge >= 0.3 is 62.8 Å². The van der Waals surface area contributed by atoms with Gasteiger partial charge in [0.1, 0.15) is 0 Å². The van der Waals surface area contributed by atoms with Gasteiger partial charge < -0.3 is 0 Å². The van der Waals surface area contributed by atoms with Gasteiger partial charge in [-0.05, 0) is 0 Å². The molecule has 0 fully saturated rings. The summed E-state index contributed by atoms with van der Waals surface area (Å²) >= 11 is -1.43. The third-order valence-electron chi connectivity index (χ3n) is 0.668. The van der Waals surface area contributed by atoms with Gasteiger partial charge in [0.2, 0.25) is 0 Å². The van der Waals surface area contributed by atoms with Gasteiger partial charge in [-0.15, -0.1) is 0 Å². The van der Waals surface area contributed by atoms with Crippen LogP contribution in [0.1, 0.15) is 20.8 Å². The molecule has 0 bridgehead atoms. The molecule has 10 heavy (non-hydrogen) atoms. The molecule has 4 heteroatoms. The van der Waals surface area contributed by atoms with E-state index in [1.54, 1.807) is 0 Å². The minimum atomic E-state index is -1.43. The van der Waals surface area contributed by atoms with Crippen molar-refractivity contribution in [2.75, 3.05) is 0 Å². The van der Waals surface area contributed by atoms with Crippen molar-refractivity contribution in [2.24, 2.45) is 0 Å². The zero-order valence-corrected chi connectivity index (χ0v) is 7.03. The molecule has 0 aromatic rings. The zero-order chi connectivity index (χ0) is 8.31. The average Bonchev–Trinajstić information content (AvgIpc) is 1.59. The van der Waals surface area contributed by atoms with E-state index < -0.39 is 13.4 Å². The molecule has 0 atom stereocenters. The van der Waals surface area contributed by atoms with E-state index in [1.807, 2.05) is 0 Å². The first-order valence-corrected chi connectivity index (χ1v) is 4.07. The standard InChI is InChI=1S/3C2H3O.Ni/c3*1-2-3;/h3*1H3;. The molecule has 0 saturated heterocycles. The van der Waals surface area contributed by atoms with E-state index in [2.05, 4.69) is 0 Å². The summed E-state index contributed by atoms with van der Waals surface area (Å²) in [6.07, 6.45) is 0. The van der Waals surface area contributed by atoms with Gasteiger partial charge in [-0.25, -0.2) is 0 Å². The third kappa shape index (κ3) is 2.40. The van der Waals surface area contributed by atoms with Gasteiger partial charge in [0, 0.05) is 0 Å². The first kappa shape index (κ1) is 9.50. The average molecular weight is 188 g/mol. The van der Waals surface area contributed by atoms with E-state index >= 15 is 0 Å². The van der Waals surface area contributed by atoms with Crippen molar-refractivity contribution in [2.45, 2.75) is 20.8 Å². The van der Waals surface area contributed by atoms with Crippen LogP contribution in [0, 0.1) is 0 Å². The summed E-state index contributed by atoms with van der Waals surface area (Å²) in [5.41, 5.74) is 0. The van der Waals surface area contributed by atoms with Crippen molar-refractivity contribution in [3.63, 3.8) is 0 Å². The normalized spacial score (nSPS) is 10.5. The van der Waals surface area contributed by atoms with E-state index in [0.717, 1.165) is 0 Å². The fourth-order valence-corrected chi connectivity index (χ4v) is 1.94. The van der Waals surface area contributed by atoms with E-state index in [-0.39, 0.29) is 14.3 Å². The number of carbonyl (C=O) groups is 3. The molecule has 0 unspecified atom stereocenters. The molecule has 0 radical (unpaired) electrons. The Morgan fingerprint density at radius 1 is 0.800 bits per heavy atom. The molecule has 3 nitrogen and oxygen atoms in total. The molecule has 0 spiro atoms. The van der Waals surface area contributed by atoms with Crippen LogP contribution in [0.2, 0.25) is 0 Å². The first-order valence-electron chi connectivity index (χ1n) is 2.59. The first-order chi connectivity index (χ1) is 4.46. The Kier molecular flexibility index (Phi) is 3.44. The number of carbonyl (C=O) groups excluding carboxylic acids is 3. The zero-order valence-electron chi connectivity index (χ0n) is 6.04. The van der Waals surface area contributed by atoms with Crippen LogP contribution in [0.25, 0.3) is 0 Å². The van der Waals surface area contributed by atoms with Crippen LogP contribution in [0.15, 0.2) is 0 Å². The predicted octanol–water partition coefficient (Wildman–Crippen LogP) is 0.244. The molecule has 61 valence electrons. The van der Waals surface area contributed by atoms with E-state index in [4.69, 9.17) is 0 Å². The fraction of sp³-hybridized carbons (Fsp3) is 0.500. The summed E-state index contributed by atoms with van der Waals surface area (Å²) in [7, 11) is 0. The number of hydrogen-bond donors (Lipinski definition) is 0. The van der Waals surface area contributed by atoms with Crippen molar-refractivity contribution >= 4 is 14.3 Å². The van der Waals surface area contributed by atoms with Crippen LogP contribution >= 0.6 is 0 Å². The topological polar surface area (TPSA) is 51.2 Å². The number of rotatable bonds is 3.